The highest BCUT2D eigenvalue weighted by molar-refractivity contribution is 6.32. The topological polar surface area (TPSA) is 46.0 Å². The number of phenolic OH excluding ortho intramolecular Hbond substituents is 1. The van der Waals surface area contributed by atoms with Crippen molar-refractivity contribution < 1.29 is 5.11 Å². The van der Waals surface area contributed by atoms with E-state index in [1.807, 2.05) is 6.92 Å². The second-order valence-electron chi connectivity index (χ2n) is 3.32. The number of hydrogen-bond acceptors (Lipinski definition) is 3. The average Bonchev–Trinajstić information content (AvgIpc) is 2.20. The monoisotopic (exact) mass is 254 g/mol. The van der Waals surface area contributed by atoms with Crippen molar-refractivity contribution in [1.82, 2.24) is 9.97 Å². The van der Waals surface area contributed by atoms with Gasteiger partial charge in [0.05, 0.1) is 5.02 Å². The molecule has 1 aromatic carbocycles. The van der Waals surface area contributed by atoms with Crippen molar-refractivity contribution in [2.24, 2.45) is 0 Å². The van der Waals surface area contributed by atoms with Gasteiger partial charge >= 0.3 is 0 Å². The lowest BCUT2D eigenvalue weighted by atomic mass is 10.2. The smallest absolute Gasteiger partial charge is 0.161 e. The number of aryl methyl sites for hydroxylation is 1. The summed E-state index contributed by atoms with van der Waals surface area (Å²) in [5, 5.41) is 9.94. The van der Waals surface area contributed by atoms with Crippen LogP contribution in [0.3, 0.4) is 0 Å². The van der Waals surface area contributed by atoms with Crippen LogP contribution in [0.2, 0.25) is 10.2 Å². The van der Waals surface area contributed by atoms with Gasteiger partial charge in [-0.05, 0) is 31.2 Å². The number of benzene rings is 1. The van der Waals surface area contributed by atoms with Crippen LogP contribution in [0.25, 0.3) is 11.4 Å². The lowest BCUT2D eigenvalue weighted by Crippen LogP contribution is -1.92. The molecule has 2 rings (SSSR count). The molecular formula is C11H8Cl2N2O. The number of aromatic nitrogens is 2. The first-order chi connectivity index (χ1) is 7.56. The van der Waals surface area contributed by atoms with Gasteiger partial charge in [0.2, 0.25) is 0 Å². The van der Waals surface area contributed by atoms with Gasteiger partial charge in [0, 0.05) is 11.3 Å². The molecule has 0 unspecified atom stereocenters. The van der Waals surface area contributed by atoms with E-state index in [2.05, 4.69) is 9.97 Å². The van der Waals surface area contributed by atoms with E-state index in [0.717, 1.165) is 5.69 Å². The van der Waals surface area contributed by atoms with E-state index in [0.29, 0.717) is 16.5 Å². The predicted octanol–water partition coefficient (Wildman–Crippen LogP) is 3.46. The number of rotatable bonds is 1. The zero-order valence-corrected chi connectivity index (χ0v) is 9.92. The van der Waals surface area contributed by atoms with E-state index in [1.165, 1.54) is 6.07 Å². The fraction of sp³-hybridized carbons (Fsp3) is 0.0909. The molecule has 1 aromatic heterocycles. The standard InChI is InChI=1S/C11H8Cl2N2O/c1-6-4-10(13)15-11(14-6)7-2-3-9(16)8(12)5-7/h2-5,16H,1H3. The van der Waals surface area contributed by atoms with Gasteiger partial charge in [-0.2, -0.15) is 0 Å². The first-order valence-corrected chi connectivity index (χ1v) is 5.32. The van der Waals surface area contributed by atoms with E-state index >= 15 is 0 Å². The largest absolute Gasteiger partial charge is 0.506 e. The molecule has 0 atom stereocenters. The molecule has 5 heteroatoms. The van der Waals surface area contributed by atoms with Crippen LogP contribution in [-0.2, 0) is 0 Å². The lowest BCUT2D eigenvalue weighted by molar-refractivity contribution is 0.475. The number of phenols is 1. The Balaban J connectivity index is 2.54. The molecule has 0 fully saturated rings. The quantitative estimate of drug-likeness (QED) is 0.793. The highest BCUT2D eigenvalue weighted by Crippen LogP contribution is 2.28. The first-order valence-electron chi connectivity index (χ1n) is 4.56. The van der Waals surface area contributed by atoms with Gasteiger partial charge in [0.15, 0.2) is 5.82 Å². The van der Waals surface area contributed by atoms with Gasteiger partial charge in [-0.15, -0.1) is 0 Å². The molecule has 0 bridgehead atoms. The van der Waals surface area contributed by atoms with Gasteiger partial charge in [-0.3, -0.25) is 0 Å². The fourth-order valence-electron chi connectivity index (χ4n) is 1.31. The molecule has 0 saturated carbocycles. The Morgan fingerprint density at radius 1 is 1.12 bits per heavy atom. The zero-order chi connectivity index (χ0) is 11.7. The van der Waals surface area contributed by atoms with Crippen LogP contribution in [0.5, 0.6) is 5.75 Å². The second-order valence-corrected chi connectivity index (χ2v) is 4.12. The van der Waals surface area contributed by atoms with Crippen molar-refractivity contribution in [3.05, 3.63) is 40.1 Å². The van der Waals surface area contributed by atoms with E-state index in [9.17, 15) is 5.11 Å². The molecule has 16 heavy (non-hydrogen) atoms. The maximum Gasteiger partial charge on any atom is 0.161 e. The van der Waals surface area contributed by atoms with Crippen molar-refractivity contribution in [3.8, 4) is 17.1 Å². The summed E-state index contributed by atoms with van der Waals surface area (Å²) in [5.41, 5.74) is 1.49. The molecule has 3 nitrogen and oxygen atoms in total. The predicted molar refractivity (Wildman–Crippen MR) is 63.9 cm³/mol. The normalized spacial score (nSPS) is 10.4. The van der Waals surface area contributed by atoms with E-state index in [-0.39, 0.29) is 10.8 Å². The maximum atomic E-state index is 9.30. The molecule has 0 radical (unpaired) electrons. The Kier molecular flexibility index (Phi) is 2.99. The third kappa shape index (κ3) is 2.26. The minimum Gasteiger partial charge on any atom is -0.506 e. The van der Waals surface area contributed by atoms with E-state index < -0.39 is 0 Å². The Hall–Kier alpha value is -1.32. The third-order valence-corrected chi connectivity index (χ3v) is 2.53. The Morgan fingerprint density at radius 3 is 2.50 bits per heavy atom. The number of nitrogens with zero attached hydrogens (tertiary/aromatic N) is 2. The van der Waals surface area contributed by atoms with Gasteiger partial charge in [-0.1, -0.05) is 23.2 Å². The van der Waals surface area contributed by atoms with Crippen LogP contribution >= 0.6 is 23.2 Å². The number of aromatic hydroxyl groups is 1. The van der Waals surface area contributed by atoms with Crippen LogP contribution in [0.1, 0.15) is 5.69 Å². The summed E-state index contributed by atoms with van der Waals surface area (Å²) in [6.07, 6.45) is 0. The molecule has 1 N–H and O–H groups in total. The molecule has 0 amide bonds. The summed E-state index contributed by atoms with van der Waals surface area (Å²) < 4.78 is 0. The Labute approximate surface area is 103 Å². The molecule has 0 saturated heterocycles. The summed E-state index contributed by atoms with van der Waals surface area (Å²) in [5.74, 6) is 0.524. The molecule has 0 aliphatic rings. The van der Waals surface area contributed by atoms with Crippen LogP contribution in [0, 0.1) is 6.92 Å². The molecule has 82 valence electrons. The van der Waals surface area contributed by atoms with Crippen LogP contribution < -0.4 is 0 Å². The summed E-state index contributed by atoms with van der Waals surface area (Å²) >= 11 is 11.6. The second kappa shape index (κ2) is 4.28. The van der Waals surface area contributed by atoms with Gasteiger partial charge in [0.1, 0.15) is 10.9 Å². The number of halogens is 2. The molecule has 0 aliphatic heterocycles. The minimum absolute atomic E-state index is 0.0316. The van der Waals surface area contributed by atoms with Gasteiger partial charge < -0.3 is 5.11 Å². The van der Waals surface area contributed by atoms with Crippen molar-refractivity contribution in [1.29, 1.82) is 0 Å². The summed E-state index contributed by atoms with van der Waals surface area (Å²) in [7, 11) is 0. The van der Waals surface area contributed by atoms with Crippen molar-refractivity contribution in [3.63, 3.8) is 0 Å². The van der Waals surface area contributed by atoms with Crippen molar-refractivity contribution >= 4 is 23.2 Å². The molecule has 1 heterocycles. The van der Waals surface area contributed by atoms with Gasteiger partial charge in [-0.25, -0.2) is 9.97 Å². The minimum atomic E-state index is 0.0316. The maximum absolute atomic E-state index is 9.30. The van der Waals surface area contributed by atoms with Crippen LogP contribution in [0.4, 0.5) is 0 Å². The fourth-order valence-corrected chi connectivity index (χ4v) is 1.72. The lowest BCUT2D eigenvalue weighted by Gasteiger charge is -2.03. The Bertz CT molecular complexity index is 523. The Morgan fingerprint density at radius 2 is 1.88 bits per heavy atom. The average molecular weight is 255 g/mol. The SMILES string of the molecule is Cc1cc(Cl)nc(-c2ccc(O)c(Cl)c2)n1. The summed E-state index contributed by atoms with van der Waals surface area (Å²) in [6.45, 7) is 1.83. The number of hydrogen-bond donors (Lipinski definition) is 1. The molecule has 0 aliphatic carbocycles. The van der Waals surface area contributed by atoms with Gasteiger partial charge in [0.25, 0.3) is 0 Å². The van der Waals surface area contributed by atoms with Crippen LogP contribution in [-0.4, -0.2) is 15.1 Å². The zero-order valence-electron chi connectivity index (χ0n) is 8.41. The summed E-state index contributed by atoms with van der Waals surface area (Å²) in [4.78, 5) is 8.33. The third-order valence-electron chi connectivity index (χ3n) is 2.03. The van der Waals surface area contributed by atoms with Crippen molar-refractivity contribution in [2.75, 3.05) is 0 Å². The van der Waals surface area contributed by atoms with E-state index in [1.54, 1.807) is 18.2 Å². The molecule has 0 spiro atoms. The molecular weight excluding hydrogens is 247 g/mol. The van der Waals surface area contributed by atoms with Crippen LogP contribution in [0.15, 0.2) is 24.3 Å². The molecule has 2 aromatic rings. The summed E-state index contributed by atoms with van der Waals surface area (Å²) in [6, 6.07) is 6.46. The highest BCUT2D eigenvalue weighted by Gasteiger charge is 2.06. The van der Waals surface area contributed by atoms with Crippen molar-refractivity contribution in [2.45, 2.75) is 6.92 Å². The van der Waals surface area contributed by atoms with E-state index in [4.69, 9.17) is 23.2 Å². The highest BCUT2D eigenvalue weighted by atomic mass is 35.5. The first kappa shape index (κ1) is 11.2.